The molecule has 0 bridgehead atoms. The van der Waals surface area contributed by atoms with Crippen LogP contribution in [0.25, 0.3) is 0 Å². The average Bonchev–Trinajstić information content (AvgIpc) is 2.38. The summed E-state index contributed by atoms with van der Waals surface area (Å²) in [5.74, 6) is -0.877. The third-order valence-corrected chi connectivity index (χ3v) is 5.17. The van der Waals surface area contributed by atoms with Crippen molar-refractivity contribution in [2.24, 2.45) is 5.73 Å². The lowest BCUT2D eigenvalue weighted by Crippen LogP contribution is -2.56. The molecular formula is C13H20FN3O2S. The Kier molecular flexibility index (Phi) is 4.88. The maximum absolute atomic E-state index is 13.3. The molecule has 20 heavy (non-hydrogen) atoms. The fraction of sp³-hybridized carbons (Fsp3) is 0.462. The molecule has 5 nitrogen and oxygen atoms in total. The van der Waals surface area contributed by atoms with Crippen LogP contribution in [-0.2, 0) is 10.0 Å². The molecule has 0 radical (unpaired) electrons. The summed E-state index contributed by atoms with van der Waals surface area (Å²) in [6, 6.07) is 3.57. The largest absolute Gasteiger partial charge is 0.386 e. The molecule has 1 aromatic rings. The van der Waals surface area contributed by atoms with Gasteiger partial charge < -0.3 is 5.73 Å². The molecule has 0 fully saturated rings. The Labute approximate surface area is 118 Å². The van der Waals surface area contributed by atoms with Crippen molar-refractivity contribution in [2.45, 2.75) is 44.0 Å². The lowest BCUT2D eigenvalue weighted by molar-refractivity contribution is 0.458. The molecule has 4 N–H and O–H groups in total. The fourth-order valence-corrected chi connectivity index (χ4v) is 3.79. The van der Waals surface area contributed by atoms with E-state index in [4.69, 9.17) is 11.1 Å². The SMILES string of the molecule is CCC(CC)(NS(=O)(=O)c1cc(F)ccc1C)C(=N)N. The minimum absolute atomic E-state index is 0.134. The summed E-state index contributed by atoms with van der Waals surface area (Å²) < 4.78 is 40.5. The third kappa shape index (κ3) is 3.16. The lowest BCUT2D eigenvalue weighted by atomic mass is 9.93. The van der Waals surface area contributed by atoms with Crippen LogP contribution in [0.5, 0.6) is 0 Å². The molecule has 112 valence electrons. The lowest BCUT2D eigenvalue weighted by Gasteiger charge is -2.31. The minimum atomic E-state index is -3.95. The number of amidine groups is 1. The summed E-state index contributed by atoms with van der Waals surface area (Å²) in [5.41, 5.74) is 4.82. The van der Waals surface area contributed by atoms with Crippen LogP contribution in [0.4, 0.5) is 4.39 Å². The molecule has 0 spiro atoms. The van der Waals surface area contributed by atoms with Crippen molar-refractivity contribution in [3.8, 4) is 0 Å². The molecule has 0 heterocycles. The number of benzene rings is 1. The standard InChI is InChI=1S/C13H20FN3O2S/c1-4-13(5-2,12(15)16)17-20(18,19)11-8-10(14)7-6-9(11)3/h6-8,17H,4-5H2,1-3H3,(H3,15,16). The van der Waals surface area contributed by atoms with Gasteiger partial charge in [0.1, 0.15) is 11.7 Å². The molecule has 1 rings (SSSR count). The summed E-state index contributed by atoms with van der Waals surface area (Å²) >= 11 is 0. The first-order chi connectivity index (χ1) is 9.18. The zero-order valence-electron chi connectivity index (χ0n) is 11.8. The predicted molar refractivity (Wildman–Crippen MR) is 76.7 cm³/mol. The van der Waals surface area contributed by atoms with Crippen molar-refractivity contribution >= 4 is 15.9 Å². The Balaban J connectivity index is 3.30. The minimum Gasteiger partial charge on any atom is -0.386 e. The molecule has 0 atom stereocenters. The van der Waals surface area contributed by atoms with Crippen molar-refractivity contribution in [3.63, 3.8) is 0 Å². The maximum atomic E-state index is 13.3. The van der Waals surface area contributed by atoms with Gasteiger partial charge in [-0.1, -0.05) is 19.9 Å². The van der Waals surface area contributed by atoms with Crippen LogP contribution in [0.2, 0.25) is 0 Å². The molecule has 0 saturated heterocycles. The molecule has 0 amide bonds. The second-order valence-electron chi connectivity index (χ2n) is 4.72. The fourth-order valence-electron chi connectivity index (χ4n) is 2.01. The third-order valence-electron chi connectivity index (χ3n) is 3.49. The van der Waals surface area contributed by atoms with Gasteiger partial charge in [-0.2, -0.15) is 4.72 Å². The summed E-state index contributed by atoms with van der Waals surface area (Å²) in [6.07, 6.45) is 0.679. The Hall–Kier alpha value is -1.47. The van der Waals surface area contributed by atoms with Gasteiger partial charge in [0.15, 0.2) is 0 Å². The topological polar surface area (TPSA) is 96.0 Å². The Morgan fingerprint density at radius 3 is 2.40 bits per heavy atom. The van der Waals surface area contributed by atoms with Crippen molar-refractivity contribution < 1.29 is 12.8 Å². The Morgan fingerprint density at radius 1 is 1.40 bits per heavy atom. The highest BCUT2D eigenvalue weighted by Crippen LogP contribution is 2.22. The van der Waals surface area contributed by atoms with Gasteiger partial charge in [0.2, 0.25) is 10.0 Å². The van der Waals surface area contributed by atoms with E-state index in [1.807, 2.05) is 0 Å². The van der Waals surface area contributed by atoms with Gasteiger partial charge in [-0.25, -0.2) is 12.8 Å². The van der Waals surface area contributed by atoms with Crippen LogP contribution in [0.3, 0.4) is 0 Å². The van der Waals surface area contributed by atoms with E-state index >= 15 is 0 Å². The normalized spacial score (nSPS) is 12.4. The highest BCUT2D eigenvalue weighted by molar-refractivity contribution is 7.89. The molecule has 0 aliphatic rings. The van der Waals surface area contributed by atoms with E-state index in [9.17, 15) is 12.8 Å². The van der Waals surface area contributed by atoms with Gasteiger partial charge >= 0.3 is 0 Å². The molecule has 7 heteroatoms. The van der Waals surface area contributed by atoms with E-state index in [0.29, 0.717) is 18.4 Å². The van der Waals surface area contributed by atoms with Gasteiger partial charge in [-0.05, 0) is 37.5 Å². The maximum Gasteiger partial charge on any atom is 0.241 e. The molecule has 0 saturated carbocycles. The van der Waals surface area contributed by atoms with Crippen LogP contribution >= 0.6 is 0 Å². The highest BCUT2D eigenvalue weighted by Gasteiger charge is 2.35. The van der Waals surface area contributed by atoms with Crippen LogP contribution in [0.1, 0.15) is 32.3 Å². The van der Waals surface area contributed by atoms with Crippen molar-refractivity contribution in [1.29, 1.82) is 5.41 Å². The van der Waals surface area contributed by atoms with E-state index in [0.717, 1.165) is 6.07 Å². The second-order valence-corrected chi connectivity index (χ2v) is 6.37. The number of sulfonamides is 1. The quantitative estimate of drug-likeness (QED) is 0.553. The second kappa shape index (κ2) is 5.88. The first-order valence-electron chi connectivity index (χ1n) is 6.33. The van der Waals surface area contributed by atoms with Crippen LogP contribution in [0, 0.1) is 18.2 Å². The van der Waals surface area contributed by atoms with Gasteiger partial charge in [0.05, 0.1) is 10.4 Å². The first kappa shape index (κ1) is 16.6. The molecule has 0 aliphatic heterocycles. The predicted octanol–water partition coefficient (Wildman–Crippen LogP) is 1.91. The average molecular weight is 301 g/mol. The van der Waals surface area contributed by atoms with Gasteiger partial charge in [0.25, 0.3) is 0 Å². The number of rotatable bonds is 6. The number of nitrogens with two attached hydrogens (primary N) is 1. The van der Waals surface area contributed by atoms with E-state index < -0.39 is 21.4 Å². The number of hydrogen-bond donors (Lipinski definition) is 3. The van der Waals surface area contributed by atoms with Crippen molar-refractivity contribution in [2.75, 3.05) is 0 Å². The van der Waals surface area contributed by atoms with E-state index in [1.54, 1.807) is 20.8 Å². The number of nitrogens with one attached hydrogen (secondary N) is 2. The molecule has 0 aliphatic carbocycles. The van der Waals surface area contributed by atoms with Crippen LogP contribution in [0.15, 0.2) is 23.1 Å². The van der Waals surface area contributed by atoms with Gasteiger partial charge in [-0.15, -0.1) is 0 Å². The number of hydrogen-bond acceptors (Lipinski definition) is 3. The summed E-state index contributed by atoms with van der Waals surface area (Å²) in [5, 5.41) is 7.61. The van der Waals surface area contributed by atoms with Gasteiger partial charge in [-0.3, -0.25) is 5.41 Å². The highest BCUT2D eigenvalue weighted by atomic mass is 32.2. The Morgan fingerprint density at radius 2 is 1.95 bits per heavy atom. The number of aryl methyl sites for hydroxylation is 1. The van der Waals surface area contributed by atoms with Crippen LogP contribution < -0.4 is 10.5 Å². The zero-order valence-corrected chi connectivity index (χ0v) is 12.6. The summed E-state index contributed by atoms with van der Waals surface area (Å²) in [4.78, 5) is -0.134. The molecule has 0 unspecified atom stereocenters. The zero-order chi connectivity index (χ0) is 15.6. The summed E-state index contributed by atoms with van der Waals surface area (Å²) in [6.45, 7) is 5.07. The number of halogens is 1. The van der Waals surface area contributed by atoms with Gasteiger partial charge in [0, 0.05) is 0 Å². The van der Waals surface area contributed by atoms with Crippen molar-refractivity contribution in [3.05, 3.63) is 29.6 Å². The summed E-state index contributed by atoms with van der Waals surface area (Å²) in [7, 11) is -3.95. The van der Waals surface area contributed by atoms with E-state index in [1.165, 1.54) is 12.1 Å². The first-order valence-corrected chi connectivity index (χ1v) is 7.81. The molecule has 1 aromatic carbocycles. The molecule has 0 aromatic heterocycles. The van der Waals surface area contributed by atoms with E-state index in [2.05, 4.69) is 4.72 Å². The smallest absolute Gasteiger partial charge is 0.241 e. The molecular weight excluding hydrogens is 281 g/mol. The van der Waals surface area contributed by atoms with Crippen molar-refractivity contribution in [1.82, 2.24) is 4.72 Å². The van der Waals surface area contributed by atoms with E-state index in [-0.39, 0.29) is 10.7 Å². The van der Waals surface area contributed by atoms with Crippen LogP contribution in [-0.4, -0.2) is 19.8 Å². The monoisotopic (exact) mass is 301 g/mol. The Bertz CT molecular complexity index is 610.